The van der Waals surface area contributed by atoms with Gasteiger partial charge >= 0.3 is 0 Å². The fourth-order valence-electron chi connectivity index (χ4n) is 3.79. The number of methoxy groups -OCH3 is 1. The van der Waals surface area contributed by atoms with Gasteiger partial charge in [-0.05, 0) is 25.8 Å². The molecule has 1 aliphatic heterocycles. The predicted molar refractivity (Wildman–Crippen MR) is 99.5 cm³/mol. The van der Waals surface area contributed by atoms with E-state index in [0.29, 0.717) is 6.04 Å². The normalized spacial score (nSPS) is 21.1. The number of piperazine rings is 1. The van der Waals surface area contributed by atoms with Crippen molar-refractivity contribution >= 4 is 0 Å². The Balaban J connectivity index is 1.94. The molecule has 1 heterocycles. The molecule has 4 nitrogen and oxygen atoms in total. The number of hydrogen-bond acceptors (Lipinski definition) is 4. The highest BCUT2D eigenvalue weighted by molar-refractivity contribution is 5.30. The molecule has 136 valence electrons. The third-order valence-corrected chi connectivity index (χ3v) is 4.95. The zero-order chi connectivity index (χ0) is 17.5. The van der Waals surface area contributed by atoms with Gasteiger partial charge in [-0.25, -0.2) is 0 Å². The average molecular weight is 335 g/mol. The van der Waals surface area contributed by atoms with Crippen molar-refractivity contribution < 1.29 is 9.84 Å². The van der Waals surface area contributed by atoms with E-state index in [4.69, 9.17) is 4.74 Å². The number of rotatable bonds is 8. The third-order valence-electron chi connectivity index (χ3n) is 4.95. The summed E-state index contributed by atoms with van der Waals surface area (Å²) in [5, 5.41) is 10.7. The van der Waals surface area contributed by atoms with Gasteiger partial charge in [0.05, 0.1) is 12.7 Å². The van der Waals surface area contributed by atoms with Gasteiger partial charge in [0.2, 0.25) is 0 Å². The van der Waals surface area contributed by atoms with E-state index in [-0.39, 0.29) is 0 Å². The second-order valence-electron chi connectivity index (χ2n) is 7.17. The second-order valence-corrected chi connectivity index (χ2v) is 7.17. The monoisotopic (exact) mass is 334 g/mol. The smallest absolute Gasteiger partial charge is 0.0917 e. The summed E-state index contributed by atoms with van der Waals surface area (Å²) in [5.41, 5.74) is 3.48. The molecule has 2 rings (SSSR count). The molecule has 24 heavy (non-hydrogen) atoms. The van der Waals surface area contributed by atoms with Crippen LogP contribution in [-0.4, -0.2) is 67.4 Å². The van der Waals surface area contributed by atoms with Crippen LogP contribution >= 0.6 is 0 Å². The lowest BCUT2D eigenvalue weighted by molar-refractivity contribution is 0.0242. The highest BCUT2D eigenvalue weighted by Crippen LogP contribution is 2.21. The molecule has 0 amide bonds. The molecule has 0 bridgehead atoms. The van der Waals surface area contributed by atoms with Crippen LogP contribution in [-0.2, 0) is 4.74 Å². The minimum Gasteiger partial charge on any atom is -0.387 e. The topological polar surface area (TPSA) is 35.9 Å². The Morgan fingerprint density at radius 2 is 1.92 bits per heavy atom. The van der Waals surface area contributed by atoms with Gasteiger partial charge in [0, 0.05) is 45.9 Å². The molecule has 4 heteroatoms. The Morgan fingerprint density at radius 1 is 1.21 bits per heavy atom. The fraction of sp³-hybridized carbons (Fsp3) is 0.700. The first-order valence-electron chi connectivity index (χ1n) is 9.25. The van der Waals surface area contributed by atoms with Gasteiger partial charge in [0.15, 0.2) is 0 Å². The number of nitrogens with zero attached hydrogens (tertiary/aromatic N) is 2. The molecule has 2 atom stereocenters. The molecular weight excluding hydrogens is 300 g/mol. The number of hydrogen-bond donors (Lipinski definition) is 1. The van der Waals surface area contributed by atoms with Crippen LogP contribution < -0.4 is 0 Å². The lowest BCUT2D eigenvalue weighted by Crippen LogP contribution is -2.54. The van der Waals surface area contributed by atoms with Gasteiger partial charge in [-0.15, -0.1) is 0 Å². The zero-order valence-corrected chi connectivity index (χ0v) is 15.8. The van der Waals surface area contributed by atoms with E-state index in [1.54, 1.807) is 7.11 Å². The second kappa shape index (κ2) is 9.52. The molecular formula is C20H34N2O2. The van der Waals surface area contributed by atoms with Crippen LogP contribution in [0.25, 0.3) is 0 Å². The molecule has 1 aromatic carbocycles. The van der Waals surface area contributed by atoms with Crippen molar-refractivity contribution in [3.8, 4) is 0 Å². The highest BCUT2D eigenvalue weighted by atomic mass is 16.5. The lowest BCUT2D eigenvalue weighted by atomic mass is 10.0. The average Bonchev–Trinajstić information content (AvgIpc) is 2.53. The quantitative estimate of drug-likeness (QED) is 0.793. The van der Waals surface area contributed by atoms with E-state index in [2.05, 4.69) is 48.8 Å². The van der Waals surface area contributed by atoms with Crippen molar-refractivity contribution in [1.82, 2.24) is 9.80 Å². The summed E-state index contributed by atoms with van der Waals surface area (Å²) < 4.78 is 5.25. The molecule has 0 radical (unpaired) electrons. The van der Waals surface area contributed by atoms with Crippen LogP contribution in [0.4, 0.5) is 0 Å². The number of ether oxygens (including phenoxy) is 1. The van der Waals surface area contributed by atoms with Gasteiger partial charge in [0.1, 0.15) is 0 Å². The van der Waals surface area contributed by atoms with Crippen LogP contribution in [0.5, 0.6) is 0 Å². The Bertz CT molecular complexity index is 486. The Hall–Kier alpha value is -0.940. The molecule has 2 unspecified atom stereocenters. The van der Waals surface area contributed by atoms with Gasteiger partial charge in [-0.2, -0.15) is 0 Å². The van der Waals surface area contributed by atoms with Gasteiger partial charge < -0.3 is 9.84 Å². The van der Waals surface area contributed by atoms with Crippen LogP contribution in [0.1, 0.15) is 42.6 Å². The summed E-state index contributed by atoms with van der Waals surface area (Å²) in [4.78, 5) is 4.97. The van der Waals surface area contributed by atoms with E-state index in [1.807, 2.05) is 0 Å². The van der Waals surface area contributed by atoms with Crippen molar-refractivity contribution in [3.63, 3.8) is 0 Å². The molecule has 0 aromatic heterocycles. The Morgan fingerprint density at radius 3 is 2.54 bits per heavy atom. The van der Waals surface area contributed by atoms with Crippen molar-refractivity contribution in [2.75, 3.05) is 46.4 Å². The maximum atomic E-state index is 10.7. The summed E-state index contributed by atoms with van der Waals surface area (Å²) in [6.45, 7) is 12.1. The van der Waals surface area contributed by atoms with Crippen molar-refractivity contribution in [1.29, 1.82) is 0 Å². The summed E-state index contributed by atoms with van der Waals surface area (Å²) in [6, 6.07) is 6.94. The highest BCUT2D eigenvalue weighted by Gasteiger charge is 2.27. The first kappa shape index (κ1) is 19.4. The predicted octanol–water partition coefficient (Wildman–Crippen LogP) is 2.77. The summed E-state index contributed by atoms with van der Waals surface area (Å²) in [5.74, 6) is 0. The van der Waals surface area contributed by atoms with E-state index in [9.17, 15) is 5.11 Å². The number of aliphatic hydroxyl groups is 1. The summed E-state index contributed by atoms with van der Waals surface area (Å²) in [7, 11) is 1.77. The summed E-state index contributed by atoms with van der Waals surface area (Å²) >= 11 is 0. The molecule has 0 spiro atoms. The number of aliphatic hydroxyl groups excluding tert-OH is 1. The Labute approximate surface area is 147 Å². The maximum Gasteiger partial charge on any atom is 0.0917 e. The SMILES string of the molecule is CCCC1CN(CC(O)c2cc(C)cc(C)c2)CCN1CCOC. The number of aryl methyl sites for hydroxylation is 2. The van der Waals surface area contributed by atoms with Crippen LogP contribution in [0.15, 0.2) is 18.2 Å². The molecule has 1 N–H and O–H groups in total. The third kappa shape index (κ3) is 5.55. The first-order chi connectivity index (χ1) is 11.5. The van der Waals surface area contributed by atoms with Gasteiger partial charge in [-0.1, -0.05) is 42.7 Å². The van der Waals surface area contributed by atoms with Gasteiger partial charge in [-0.3, -0.25) is 9.80 Å². The molecule has 1 fully saturated rings. The largest absolute Gasteiger partial charge is 0.387 e. The standard InChI is InChI=1S/C20H34N2O2/c1-5-6-19-14-21(7-8-22(19)9-10-24-4)15-20(23)18-12-16(2)11-17(3)13-18/h11-13,19-20,23H,5-10,14-15H2,1-4H3. The van der Waals surface area contributed by atoms with Crippen LogP contribution in [0.3, 0.4) is 0 Å². The van der Waals surface area contributed by atoms with Crippen molar-refractivity contribution in [2.24, 2.45) is 0 Å². The van der Waals surface area contributed by atoms with Gasteiger partial charge in [0.25, 0.3) is 0 Å². The number of benzene rings is 1. The van der Waals surface area contributed by atoms with E-state index >= 15 is 0 Å². The maximum absolute atomic E-state index is 10.7. The van der Waals surface area contributed by atoms with Crippen LogP contribution in [0.2, 0.25) is 0 Å². The lowest BCUT2D eigenvalue weighted by Gasteiger charge is -2.42. The number of β-amino-alcohol motifs (C(OH)–C–C–N with tert-alkyl or cyclic N) is 1. The zero-order valence-electron chi connectivity index (χ0n) is 15.8. The molecule has 1 saturated heterocycles. The Kier molecular flexibility index (Phi) is 7.69. The van der Waals surface area contributed by atoms with E-state index < -0.39 is 6.10 Å². The first-order valence-corrected chi connectivity index (χ1v) is 9.25. The molecule has 0 aliphatic carbocycles. The van der Waals surface area contributed by atoms with E-state index in [1.165, 1.54) is 24.0 Å². The fourth-order valence-corrected chi connectivity index (χ4v) is 3.79. The molecule has 0 saturated carbocycles. The minimum atomic E-state index is -0.406. The minimum absolute atomic E-state index is 0.406. The summed E-state index contributed by atoms with van der Waals surface area (Å²) in [6.07, 6.45) is 2.00. The van der Waals surface area contributed by atoms with Crippen molar-refractivity contribution in [2.45, 2.75) is 45.8 Å². The van der Waals surface area contributed by atoms with Crippen molar-refractivity contribution in [3.05, 3.63) is 34.9 Å². The van der Waals surface area contributed by atoms with E-state index in [0.717, 1.165) is 44.9 Å². The van der Waals surface area contributed by atoms with Crippen LogP contribution in [0, 0.1) is 13.8 Å². The molecule has 1 aliphatic rings. The molecule has 1 aromatic rings.